The Hall–Kier alpha value is -1.02. The molecule has 1 heterocycles. The number of aliphatic hydroxyl groups is 1. The van der Waals surface area contributed by atoms with Crippen molar-refractivity contribution in [3.63, 3.8) is 0 Å². The van der Waals surface area contributed by atoms with Gasteiger partial charge in [-0.05, 0) is 18.4 Å². The van der Waals surface area contributed by atoms with Gasteiger partial charge in [-0.3, -0.25) is 0 Å². The maximum atomic E-state index is 9.00. The number of hydrogen-bond acceptors (Lipinski definition) is 2. The largest absolute Gasteiger partial charge is 0.493 e. The third kappa shape index (κ3) is 1.75. The molecule has 0 spiro atoms. The molecule has 0 bridgehead atoms. The lowest BCUT2D eigenvalue weighted by atomic mass is 9.92. The highest BCUT2D eigenvalue weighted by molar-refractivity contribution is 5.39. The van der Waals surface area contributed by atoms with E-state index < -0.39 is 0 Å². The van der Waals surface area contributed by atoms with E-state index in [4.69, 9.17) is 9.84 Å². The molecule has 2 atom stereocenters. The summed E-state index contributed by atoms with van der Waals surface area (Å²) >= 11 is 0. The van der Waals surface area contributed by atoms with Crippen LogP contribution in [0.1, 0.15) is 24.8 Å². The van der Waals surface area contributed by atoms with E-state index in [1.807, 2.05) is 18.2 Å². The van der Waals surface area contributed by atoms with Gasteiger partial charge in [0.05, 0.1) is 6.61 Å². The van der Waals surface area contributed by atoms with Crippen LogP contribution in [-0.4, -0.2) is 18.3 Å². The second kappa shape index (κ2) is 4.01. The minimum atomic E-state index is 0.263. The standard InChI is InChI=1S/C12H16O2/c1-9(7-13)6-10-8-14-12-5-3-2-4-11(10)12/h2-5,9-10,13H,6-8H2,1H3. The van der Waals surface area contributed by atoms with Crippen LogP contribution in [0.3, 0.4) is 0 Å². The van der Waals surface area contributed by atoms with Crippen molar-refractivity contribution in [2.24, 2.45) is 5.92 Å². The molecule has 1 aromatic carbocycles. The van der Waals surface area contributed by atoms with Crippen molar-refractivity contribution in [3.8, 4) is 5.75 Å². The normalized spacial score (nSPS) is 21.4. The molecule has 0 aliphatic carbocycles. The van der Waals surface area contributed by atoms with Crippen LogP contribution in [0.5, 0.6) is 5.75 Å². The Kier molecular flexibility index (Phi) is 2.73. The minimum Gasteiger partial charge on any atom is -0.493 e. The molecule has 1 aromatic rings. The predicted molar refractivity (Wildman–Crippen MR) is 55.5 cm³/mol. The van der Waals surface area contributed by atoms with Crippen LogP contribution in [-0.2, 0) is 0 Å². The monoisotopic (exact) mass is 192 g/mol. The van der Waals surface area contributed by atoms with Crippen LogP contribution in [0.15, 0.2) is 24.3 Å². The van der Waals surface area contributed by atoms with Gasteiger partial charge in [-0.15, -0.1) is 0 Å². The van der Waals surface area contributed by atoms with Crippen LogP contribution in [0.4, 0.5) is 0 Å². The maximum Gasteiger partial charge on any atom is 0.122 e. The Balaban J connectivity index is 2.10. The maximum absolute atomic E-state index is 9.00. The van der Waals surface area contributed by atoms with Crippen molar-refractivity contribution < 1.29 is 9.84 Å². The Morgan fingerprint density at radius 3 is 3.07 bits per heavy atom. The van der Waals surface area contributed by atoms with Crippen LogP contribution >= 0.6 is 0 Å². The average molecular weight is 192 g/mol. The number of aliphatic hydroxyl groups excluding tert-OH is 1. The highest BCUT2D eigenvalue weighted by Gasteiger charge is 2.24. The topological polar surface area (TPSA) is 29.5 Å². The number of hydrogen-bond donors (Lipinski definition) is 1. The van der Waals surface area contributed by atoms with Crippen molar-refractivity contribution >= 4 is 0 Å². The molecule has 0 amide bonds. The van der Waals surface area contributed by atoms with Gasteiger partial charge in [-0.2, -0.15) is 0 Å². The summed E-state index contributed by atoms with van der Waals surface area (Å²) in [5, 5.41) is 9.00. The summed E-state index contributed by atoms with van der Waals surface area (Å²) < 4.78 is 5.57. The highest BCUT2D eigenvalue weighted by Crippen LogP contribution is 2.36. The number of rotatable bonds is 3. The molecule has 1 aliphatic heterocycles. The summed E-state index contributed by atoms with van der Waals surface area (Å²) in [6.45, 7) is 3.10. The van der Waals surface area contributed by atoms with Crippen molar-refractivity contribution in [1.29, 1.82) is 0 Å². The zero-order chi connectivity index (χ0) is 9.97. The van der Waals surface area contributed by atoms with Crippen LogP contribution in [0.2, 0.25) is 0 Å². The second-order valence-electron chi connectivity index (χ2n) is 4.07. The van der Waals surface area contributed by atoms with Crippen molar-refractivity contribution in [1.82, 2.24) is 0 Å². The second-order valence-corrected chi connectivity index (χ2v) is 4.07. The van der Waals surface area contributed by atoms with E-state index >= 15 is 0 Å². The number of fused-ring (bicyclic) bond motifs is 1. The fraction of sp³-hybridized carbons (Fsp3) is 0.500. The van der Waals surface area contributed by atoms with Gasteiger partial charge in [-0.25, -0.2) is 0 Å². The molecule has 0 radical (unpaired) electrons. The molecule has 0 aromatic heterocycles. The van der Waals surface area contributed by atoms with Gasteiger partial charge in [0.15, 0.2) is 0 Å². The molecule has 2 heteroatoms. The smallest absolute Gasteiger partial charge is 0.122 e. The van der Waals surface area contributed by atoms with E-state index in [1.54, 1.807) is 0 Å². The zero-order valence-electron chi connectivity index (χ0n) is 8.44. The molecular weight excluding hydrogens is 176 g/mol. The number of para-hydroxylation sites is 1. The Morgan fingerprint density at radius 1 is 1.50 bits per heavy atom. The summed E-state index contributed by atoms with van der Waals surface area (Å²) in [5.74, 6) is 1.84. The van der Waals surface area contributed by atoms with Crippen LogP contribution in [0.25, 0.3) is 0 Å². The molecular formula is C12H16O2. The summed E-state index contributed by atoms with van der Waals surface area (Å²) in [5.41, 5.74) is 1.30. The first-order chi connectivity index (χ1) is 6.81. The van der Waals surface area contributed by atoms with Gasteiger partial charge in [0.2, 0.25) is 0 Å². The number of benzene rings is 1. The van der Waals surface area contributed by atoms with E-state index in [0.717, 1.165) is 18.8 Å². The summed E-state index contributed by atoms with van der Waals surface area (Å²) in [6.07, 6.45) is 1.01. The fourth-order valence-electron chi connectivity index (χ4n) is 1.98. The third-order valence-corrected chi connectivity index (χ3v) is 2.80. The van der Waals surface area contributed by atoms with Gasteiger partial charge in [0, 0.05) is 18.1 Å². The first-order valence-corrected chi connectivity index (χ1v) is 5.14. The predicted octanol–water partition coefficient (Wildman–Crippen LogP) is 2.18. The molecule has 2 rings (SSSR count). The van der Waals surface area contributed by atoms with E-state index in [-0.39, 0.29) is 6.61 Å². The van der Waals surface area contributed by atoms with Crippen LogP contribution in [0, 0.1) is 5.92 Å². The van der Waals surface area contributed by atoms with Crippen molar-refractivity contribution in [3.05, 3.63) is 29.8 Å². The highest BCUT2D eigenvalue weighted by atomic mass is 16.5. The van der Waals surface area contributed by atoms with E-state index in [0.29, 0.717) is 11.8 Å². The van der Waals surface area contributed by atoms with Gasteiger partial charge in [-0.1, -0.05) is 25.1 Å². The lowest BCUT2D eigenvalue weighted by molar-refractivity contribution is 0.215. The molecule has 1 N–H and O–H groups in total. The molecule has 76 valence electrons. The Bertz CT molecular complexity index is 309. The Morgan fingerprint density at radius 2 is 2.29 bits per heavy atom. The molecule has 2 unspecified atom stereocenters. The minimum absolute atomic E-state index is 0.263. The summed E-state index contributed by atoms with van der Waals surface area (Å²) in [7, 11) is 0. The Labute approximate surface area is 84.5 Å². The van der Waals surface area contributed by atoms with E-state index in [1.165, 1.54) is 5.56 Å². The average Bonchev–Trinajstić information content (AvgIpc) is 2.62. The quantitative estimate of drug-likeness (QED) is 0.795. The van der Waals surface area contributed by atoms with E-state index in [2.05, 4.69) is 13.0 Å². The summed E-state index contributed by atoms with van der Waals surface area (Å²) in [4.78, 5) is 0. The summed E-state index contributed by atoms with van der Waals surface area (Å²) in [6, 6.07) is 8.18. The van der Waals surface area contributed by atoms with Gasteiger partial charge < -0.3 is 9.84 Å². The lowest BCUT2D eigenvalue weighted by Crippen LogP contribution is -2.09. The SMILES string of the molecule is CC(CO)CC1COc2ccccc21. The van der Waals surface area contributed by atoms with Crippen LogP contribution < -0.4 is 4.74 Å². The number of ether oxygens (including phenoxy) is 1. The van der Waals surface area contributed by atoms with E-state index in [9.17, 15) is 0 Å². The third-order valence-electron chi connectivity index (χ3n) is 2.80. The zero-order valence-corrected chi connectivity index (χ0v) is 8.44. The molecule has 0 saturated heterocycles. The lowest BCUT2D eigenvalue weighted by Gasteiger charge is -2.12. The fourth-order valence-corrected chi connectivity index (χ4v) is 1.98. The first kappa shape index (κ1) is 9.53. The van der Waals surface area contributed by atoms with Gasteiger partial charge in [0.1, 0.15) is 5.75 Å². The molecule has 0 saturated carbocycles. The molecule has 2 nitrogen and oxygen atoms in total. The first-order valence-electron chi connectivity index (χ1n) is 5.14. The van der Waals surface area contributed by atoms with Gasteiger partial charge in [0.25, 0.3) is 0 Å². The van der Waals surface area contributed by atoms with Crippen molar-refractivity contribution in [2.45, 2.75) is 19.3 Å². The van der Waals surface area contributed by atoms with Gasteiger partial charge >= 0.3 is 0 Å². The molecule has 0 fully saturated rings. The molecule has 1 aliphatic rings. The van der Waals surface area contributed by atoms with Crippen molar-refractivity contribution in [2.75, 3.05) is 13.2 Å². The molecule has 14 heavy (non-hydrogen) atoms.